The highest BCUT2D eigenvalue weighted by atomic mass is 19.1. The minimum absolute atomic E-state index is 0.130. The van der Waals surface area contributed by atoms with Crippen molar-refractivity contribution in [1.29, 1.82) is 0 Å². The molecule has 2 rings (SSSR count). The lowest BCUT2D eigenvalue weighted by Gasteiger charge is -2.15. The number of benzene rings is 1. The minimum Gasteiger partial charge on any atom is -0.396 e. The molecule has 1 aromatic rings. The largest absolute Gasteiger partial charge is 0.396 e. The molecule has 0 saturated heterocycles. The fourth-order valence-electron chi connectivity index (χ4n) is 2.50. The van der Waals surface area contributed by atoms with Gasteiger partial charge in [0, 0.05) is 6.54 Å². The second-order valence-electron chi connectivity index (χ2n) is 5.58. The standard InChI is InChI=1S/C14H18FN3O3/c1-2-3-14(4-5-14)8-17-13(19)9-6-11(16)10(15)7-12(9)18(20)21/h6-7H,2-5,8,16H2,1H3,(H,17,19). The molecule has 0 radical (unpaired) electrons. The molecule has 0 atom stereocenters. The maximum Gasteiger partial charge on any atom is 0.285 e. The molecule has 0 heterocycles. The van der Waals surface area contributed by atoms with Gasteiger partial charge in [-0.05, 0) is 30.7 Å². The van der Waals surface area contributed by atoms with Crippen LogP contribution in [0.2, 0.25) is 0 Å². The molecule has 0 aliphatic heterocycles. The summed E-state index contributed by atoms with van der Waals surface area (Å²) in [5, 5.41) is 13.6. The summed E-state index contributed by atoms with van der Waals surface area (Å²) < 4.78 is 13.3. The Balaban J connectivity index is 2.15. The maximum absolute atomic E-state index is 13.3. The molecule has 0 spiro atoms. The lowest BCUT2D eigenvalue weighted by atomic mass is 10.0. The van der Waals surface area contributed by atoms with Gasteiger partial charge in [0.1, 0.15) is 5.56 Å². The summed E-state index contributed by atoms with van der Waals surface area (Å²) in [6.07, 6.45) is 4.14. The van der Waals surface area contributed by atoms with Gasteiger partial charge in [-0.2, -0.15) is 0 Å². The maximum atomic E-state index is 13.3. The van der Waals surface area contributed by atoms with E-state index >= 15 is 0 Å². The zero-order valence-corrected chi connectivity index (χ0v) is 11.8. The van der Waals surface area contributed by atoms with Crippen LogP contribution in [0.3, 0.4) is 0 Å². The molecule has 21 heavy (non-hydrogen) atoms. The Kier molecular flexibility index (Phi) is 4.11. The topological polar surface area (TPSA) is 98.3 Å². The summed E-state index contributed by atoms with van der Waals surface area (Å²) >= 11 is 0. The van der Waals surface area contributed by atoms with Crippen LogP contribution in [0, 0.1) is 21.3 Å². The first-order chi connectivity index (χ1) is 9.88. The molecule has 0 unspecified atom stereocenters. The Labute approximate surface area is 121 Å². The third kappa shape index (κ3) is 3.29. The van der Waals surface area contributed by atoms with E-state index in [2.05, 4.69) is 12.2 Å². The Bertz CT molecular complexity index is 585. The zero-order valence-electron chi connectivity index (χ0n) is 11.8. The number of hydrogen-bond acceptors (Lipinski definition) is 4. The van der Waals surface area contributed by atoms with Crippen molar-refractivity contribution < 1.29 is 14.1 Å². The van der Waals surface area contributed by atoms with Crippen molar-refractivity contribution in [3.05, 3.63) is 33.6 Å². The quantitative estimate of drug-likeness (QED) is 0.479. The van der Waals surface area contributed by atoms with Crippen molar-refractivity contribution in [1.82, 2.24) is 5.32 Å². The molecule has 7 heteroatoms. The number of hydrogen-bond donors (Lipinski definition) is 2. The van der Waals surface area contributed by atoms with Crippen LogP contribution in [-0.2, 0) is 0 Å². The van der Waals surface area contributed by atoms with Gasteiger partial charge in [0.15, 0.2) is 5.82 Å². The second-order valence-corrected chi connectivity index (χ2v) is 5.58. The summed E-state index contributed by atoms with van der Waals surface area (Å²) in [7, 11) is 0. The van der Waals surface area contributed by atoms with Crippen LogP contribution >= 0.6 is 0 Å². The highest BCUT2D eigenvalue weighted by molar-refractivity contribution is 5.99. The average Bonchev–Trinajstić information content (AvgIpc) is 3.19. The number of carbonyl (C=O) groups is 1. The Morgan fingerprint density at radius 2 is 2.19 bits per heavy atom. The first-order valence-electron chi connectivity index (χ1n) is 6.90. The van der Waals surface area contributed by atoms with Crippen molar-refractivity contribution in [3.8, 4) is 0 Å². The lowest BCUT2D eigenvalue weighted by Crippen LogP contribution is -2.30. The molecule has 1 fully saturated rings. The number of amides is 1. The van der Waals surface area contributed by atoms with Crippen LogP contribution in [0.1, 0.15) is 43.0 Å². The van der Waals surface area contributed by atoms with Gasteiger partial charge in [0.25, 0.3) is 11.6 Å². The molecule has 0 aromatic heterocycles. The smallest absolute Gasteiger partial charge is 0.285 e. The fourth-order valence-corrected chi connectivity index (χ4v) is 2.50. The van der Waals surface area contributed by atoms with Gasteiger partial charge in [0.05, 0.1) is 16.7 Å². The Morgan fingerprint density at radius 1 is 1.52 bits per heavy atom. The highest BCUT2D eigenvalue weighted by Crippen LogP contribution is 2.49. The predicted molar refractivity (Wildman–Crippen MR) is 76.4 cm³/mol. The number of anilines is 1. The summed E-state index contributed by atoms with van der Waals surface area (Å²) in [6, 6.07) is 1.70. The van der Waals surface area contributed by atoms with Crippen LogP contribution in [0.4, 0.5) is 15.8 Å². The van der Waals surface area contributed by atoms with Crippen LogP contribution < -0.4 is 11.1 Å². The van der Waals surface area contributed by atoms with Gasteiger partial charge in [-0.1, -0.05) is 13.3 Å². The SMILES string of the molecule is CCCC1(CNC(=O)c2cc(N)c(F)cc2[N+](=O)[O-])CC1. The summed E-state index contributed by atoms with van der Waals surface area (Å²) in [5.41, 5.74) is 4.47. The number of carbonyl (C=O) groups excluding carboxylic acids is 1. The monoisotopic (exact) mass is 295 g/mol. The molecule has 1 aliphatic carbocycles. The molecule has 6 nitrogen and oxygen atoms in total. The van der Waals surface area contributed by atoms with Gasteiger partial charge < -0.3 is 11.1 Å². The van der Waals surface area contributed by atoms with Crippen LogP contribution in [0.5, 0.6) is 0 Å². The van der Waals surface area contributed by atoms with Crippen LogP contribution in [0.25, 0.3) is 0 Å². The van der Waals surface area contributed by atoms with E-state index in [0.29, 0.717) is 12.6 Å². The Morgan fingerprint density at radius 3 is 2.71 bits per heavy atom. The summed E-state index contributed by atoms with van der Waals surface area (Å²) in [5.74, 6) is -1.49. The van der Waals surface area contributed by atoms with Gasteiger partial charge >= 0.3 is 0 Å². The van der Waals surface area contributed by atoms with E-state index in [1.807, 2.05) is 0 Å². The molecule has 114 valence electrons. The van der Waals surface area contributed by atoms with E-state index in [1.165, 1.54) is 0 Å². The van der Waals surface area contributed by atoms with Crippen molar-refractivity contribution in [3.63, 3.8) is 0 Å². The molecular weight excluding hydrogens is 277 g/mol. The number of nitrogens with zero attached hydrogens (tertiary/aromatic N) is 1. The number of rotatable bonds is 6. The van der Waals surface area contributed by atoms with Crippen molar-refractivity contribution in [2.45, 2.75) is 32.6 Å². The first-order valence-corrected chi connectivity index (χ1v) is 6.90. The van der Waals surface area contributed by atoms with Gasteiger partial charge in [-0.3, -0.25) is 14.9 Å². The van der Waals surface area contributed by atoms with Gasteiger partial charge in [0.2, 0.25) is 0 Å². The van der Waals surface area contributed by atoms with E-state index in [1.54, 1.807) is 0 Å². The van der Waals surface area contributed by atoms with Crippen molar-refractivity contribution in [2.75, 3.05) is 12.3 Å². The number of nitro benzene ring substituents is 1. The normalized spacial score (nSPS) is 15.5. The number of nitrogens with one attached hydrogen (secondary N) is 1. The summed E-state index contributed by atoms with van der Waals surface area (Å²) in [6.45, 7) is 2.56. The lowest BCUT2D eigenvalue weighted by molar-refractivity contribution is -0.385. The number of nitrogens with two attached hydrogens (primary N) is 1. The molecule has 1 aromatic carbocycles. The molecular formula is C14H18FN3O3. The average molecular weight is 295 g/mol. The van der Waals surface area contributed by atoms with Gasteiger partial charge in [-0.15, -0.1) is 0 Å². The molecule has 1 saturated carbocycles. The third-order valence-electron chi connectivity index (χ3n) is 3.92. The third-order valence-corrected chi connectivity index (χ3v) is 3.92. The summed E-state index contributed by atoms with van der Waals surface area (Å²) in [4.78, 5) is 22.3. The molecule has 1 amide bonds. The predicted octanol–water partition coefficient (Wildman–Crippen LogP) is 2.63. The minimum atomic E-state index is -0.900. The molecule has 1 aliphatic rings. The van der Waals surface area contributed by atoms with Gasteiger partial charge in [-0.25, -0.2) is 4.39 Å². The van der Waals surface area contributed by atoms with Crippen LogP contribution in [0.15, 0.2) is 12.1 Å². The Hall–Kier alpha value is -2.18. The van der Waals surface area contributed by atoms with E-state index in [-0.39, 0.29) is 16.7 Å². The van der Waals surface area contributed by atoms with E-state index < -0.39 is 22.3 Å². The molecule has 3 N–H and O–H groups in total. The number of nitrogen functional groups attached to an aromatic ring is 1. The van der Waals surface area contributed by atoms with Crippen LogP contribution in [-0.4, -0.2) is 17.4 Å². The first kappa shape index (κ1) is 15.2. The van der Waals surface area contributed by atoms with E-state index in [9.17, 15) is 19.3 Å². The molecule has 0 bridgehead atoms. The fraction of sp³-hybridized carbons (Fsp3) is 0.500. The zero-order chi connectivity index (χ0) is 15.6. The number of nitro groups is 1. The second kappa shape index (κ2) is 5.67. The van der Waals surface area contributed by atoms with E-state index in [0.717, 1.165) is 31.7 Å². The number of halogens is 1. The van der Waals surface area contributed by atoms with Crippen molar-refractivity contribution in [2.24, 2.45) is 5.41 Å². The highest BCUT2D eigenvalue weighted by Gasteiger charge is 2.41. The van der Waals surface area contributed by atoms with E-state index in [4.69, 9.17) is 5.73 Å². The van der Waals surface area contributed by atoms with Crippen molar-refractivity contribution >= 4 is 17.3 Å².